The minimum absolute atomic E-state index is 0.141. The lowest BCUT2D eigenvalue weighted by atomic mass is 10.1. The van der Waals surface area contributed by atoms with E-state index >= 15 is 0 Å². The van der Waals surface area contributed by atoms with E-state index in [0.29, 0.717) is 5.71 Å². The largest absolute Gasteiger partial charge is 0.321 e. The number of carbonyl (C=O) groups excluding carboxylic acids is 1. The summed E-state index contributed by atoms with van der Waals surface area (Å²) in [6, 6.07) is 15.2. The van der Waals surface area contributed by atoms with E-state index < -0.39 is 0 Å². The lowest BCUT2D eigenvalue weighted by Crippen LogP contribution is -2.24. The number of para-hydroxylation sites is 2. The number of aromatic nitrogens is 6. The van der Waals surface area contributed by atoms with Crippen molar-refractivity contribution in [1.82, 2.24) is 35.2 Å². The van der Waals surface area contributed by atoms with Crippen molar-refractivity contribution in [1.29, 1.82) is 0 Å². The second kappa shape index (κ2) is 7.16. The van der Waals surface area contributed by atoms with Crippen molar-refractivity contribution >= 4 is 22.7 Å². The summed E-state index contributed by atoms with van der Waals surface area (Å²) in [6.45, 7) is 1.97. The van der Waals surface area contributed by atoms with Crippen LogP contribution < -0.4 is 5.43 Å². The van der Waals surface area contributed by atoms with Crippen molar-refractivity contribution in [3.8, 4) is 5.69 Å². The number of imidazole rings is 1. The molecule has 1 amide bonds. The predicted molar refractivity (Wildman–Crippen MR) is 99.2 cm³/mol. The number of hydrogen-bond donors (Lipinski definition) is 1. The van der Waals surface area contributed by atoms with Crippen molar-refractivity contribution in [2.24, 2.45) is 5.10 Å². The Morgan fingerprint density at radius 1 is 1.15 bits per heavy atom. The van der Waals surface area contributed by atoms with Crippen LogP contribution in [0, 0.1) is 0 Å². The van der Waals surface area contributed by atoms with Crippen molar-refractivity contribution in [3.05, 3.63) is 66.7 Å². The standard InChI is InChI=1S/C18H16N8O/c1-13(14-5-4-6-15(9-14)26-12-20-23-24-26)21-22-18(27)10-25-11-19-16-7-2-3-8-17(16)25/h2-9,11-12H,10H2,1H3,(H,22,27)/b21-13+. The number of rotatable bonds is 5. The van der Waals surface area contributed by atoms with Gasteiger partial charge in [-0.15, -0.1) is 5.10 Å². The summed E-state index contributed by atoms with van der Waals surface area (Å²) < 4.78 is 3.34. The van der Waals surface area contributed by atoms with Crippen LogP contribution in [-0.4, -0.2) is 41.4 Å². The number of fused-ring (bicyclic) bond motifs is 1. The maximum absolute atomic E-state index is 12.2. The van der Waals surface area contributed by atoms with E-state index in [-0.39, 0.29) is 12.5 Å². The molecule has 0 aliphatic heterocycles. The molecule has 4 aromatic rings. The van der Waals surface area contributed by atoms with E-state index in [0.717, 1.165) is 22.3 Å². The van der Waals surface area contributed by atoms with Crippen LogP contribution in [0.4, 0.5) is 0 Å². The quantitative estimate of drug-likeness (QED) is 0.430. The maximum atomic E-state index is 12.2. The highest BCUT2D eigenvalue weighted by Gasteiger charge is 2.07. The minimum Gasteiger partial charge on any atom is -0.321 e. The first kappa shape index (κ1) is 16.6. The molecule has 0 saturated heterocycles. The zero-order valence-electron chi connectivity index (χ0n) is 14.5. The van der Waals surface area contributed by atoms with Gasteiger partial charge in [0, 0.05) is 0 Å². The van der Waals surface area contributed by atoms with Crippen LogP contribution in [0.25, 0.3) is 16.7 Å². The molecule has 0 bridgehead atoms. The Morgan fingerprint density at radius 2 is 2.04 bits per heavy atom. The minimum atomic E-state index is -0.228. The van der Waals surface area contributed by atoms with Crippen molar-refractivity contribution in [3.63, 3.8) is 0 Å². The van der Waals surface area contributed by atoms with Gasteiger partial charge in [-0.3, -0.25) is 4.79 Å². The van der Waals surface area contributed by atoms with Crippen LogP contribution in [0.15, 0.2) is 66.3 Å². The Kier molecular flexibility index (Phi) is 4.40. The zero-order valence-corrected chi connectivity index (χ0v) is 14.5. The molecular weight excluding hydrogens is 344 g/mol. The predicted octanol–water partition coefficient (Wildman–Crippen LogP) is 1.55. The smallest absolute Gasteiger partial charge is 0.260 e. The zero-order chi connectivity index (χ0) is 18.6. The van der Waals surface area contributed by atoms with Crippen molar-refractivity contribution in [2.45, 2.75) is 13.5 Å². The van der Waals surface area contributed by atoms with E-state index in [4.69, 9.17) is 0 Å². The van der Waals surface area contributed by atoms with Gasteiger partial charge in [-0.25, -0.2) is 15.1 Å². The Hall–Kier alpha value is -3.88. The van der Waals surface area contributed by atoms with Gasteiger partial charge >= 0.3 is 0 Å². The van der Waals surface area contributed by atoms with Gasteiger partial charge in [0.15, 0.2) is 0 Å². The molecule has 0 unspecified atom stereocenters. The van der Waals surface area contributed by atoms with Gasteiger partial charge in [0.25, 0.3) is 5.91 Å². The molecule has 0 spiro atoms. The second-order valence-corrected chi connectivity index (χ2v) is 5.90. The third kappa shape index (κ3) is 3.56. The number of tetrazole rings is 1. The van der Waals surface area contributed by atoms with Gasteiger partial charge in [-0.05, 0) is 47.2 Å². The Balaban J connectivity index is 1.46. The summed E-state index contributed by atoms with van der Waals surface area (Å²) in [7, 11) is 0. The first-order valence-corrected chi connectivity index (χ1v) is 8.27. The molecule has 0 radical (unpaired) electrons. The molecule has 2 aromatic carbocycles. The number of nitrogens with one attached hydrogen (secondary N) is 1. The van der Waals surface area contributed by atoms with E-state index in [2.05, 4.69) is 31.0 Å². The highest BCUT2D eigenvalue weighted by atomic mass is 16.2. The molecule has 9 nitrogen and oxygen atoms in total. The van der Waals surface area contributed by atoms with E-state index in [1.807, 2.05) is 55.5 Å². The van der Waals surface area contributed by atoms with Gasteiger partial charge in [-0.1, -0.05) is 24.3 Å². The Morgan fingerprint density at radius 3 is 2.89 bits per heavy atom. The van der Waals surface area contributed by atoms with Crippen molar-refractivity contribution in [2.75, 3.05) is 0 Å². The molecule has 2 heterocycles. The number of hydrogen-bond acceptors (Lipinski definition) is 6. The number of amides is 1. The highest BCUT2D eigenvalue weighted by Crippen LogP contribution is 2.12. The first-order valence-electron chi connectivity index (χ1n) is 8.27. The lowest BCUT2D eigenvalue weighted by molar-refractivity contribution is -0.121. The summed E-state index contributed by atoms with van der Waals surface area (Å²) >= 11 is 0. The van der Waals surface area contributed by atoms with Gasteiger partial charge < -0.3 is 4.57 Å². The molecule has 0 atom stereocenters. The molecule has 134 valence electrons. The third-order valence-corrected chi connectivity index (χ3v) is 4.07. The molecule has 27 heavy (non-hydrogen) atoms. The van der Waals surface area contributed by atoms with Crippen LogP contribution >= 0.6 is 0 Å². The normalized spacial score (nSPS) is 11.7. The van der Waals surface area contributed by atoms with Crippen LogP contribution in [0.3, 0.4) is 0 Å². The van der Waals surface area contributed by atoms with E-state index in [1.54, 1.807) is 15.6 Å². The second-order valence-electron chi connectivity index (χ2n) is 5.90. The number of carbonyl (C=O) groups is 1. The molecule has 0 fully saturated rings. The fourth-order valence-corrected chi connectivity index (χ4v) is 2.69. The van der Waals surface area contributed by atoms with Gasteiger partial charge in [0.1, 0.15) is 12.9 Å². The molecule has 2 aromatic heterocycles. The first-order chi connectivity index (χ1) is 13.2. The maximum Gasteiger partial charge on any atom is 0.260 e. The van der Waals surface area contributed by atoms with Crippen LogP contribution in [0.1, 0.15) is 12.5 Å². The fourth-order valence-electron chi connectivity index (χ4n) is 2.69. The SMILES string of the molecule is C/C(=N\NC(=O)Cn1cnc2ccccc21)c1cccc(-n2cnnn2)c1. The van der Waals surface area contributed by atoms with Gasteiger partial charge in [0.2, 0.25) is 0 Å². The van der Waals surface area contributed by atoms with E-state index in [9.17, 15) is 4.79 Å². The molecule has 4 rings (SSSR count). The van der Waals surface area contributed by atoms with Crippen LogP contribution in [0.2, 0.25) is 0 Å². The molecular formula is C18H16N8O. The van der Waals surface area contributed by atoms with E-state index in [1.165, 1.54) is 6.33 Å². The van der Waals surface area contributed by atoms with Crippen molar-refractivity contribution < 1.29 is 4.79 Å². The molecule has 1 N–H and O–H groups in total. The number of hydrazone groups is 1. The van der Waals surface area contributed by atoms with Crippen LogP contribution in [0.5, 0.6) is 0 Å². The highest BCUT2D eigenvalue weighted by molar-refractivity contribution is 5.99. The molecule has 9 heteroatoms. The summed E-state index contributed by atoms with van der Waals surface area (Å²) in [5.74, 6) is -0.228. The third-order valence-electron chi connectivity index (χ3n) is 4.07. The summed E-state index contributed by atoms with van der Waals surface area (Å²) in [4.78, 5) is 16.5. The summed E-state index contributed by atoms with van der Waals surface area (Å²) in [5.41, 5.74) is 6.69. The number of nitrogens with zero attached hydrogens (tertiary/aromatic N) is 7. The number of benzene rings is 2. The fraction of sp³-hybridized carbons (Fsp3) is 0.111. The molecule has 0 aliphatic carbocycles. The molecule has 0 saturated carbocycles. The average molecular weight is 360 g/mol. The lowest BCUT2D eigenvalue weighted by Gasteiger charge is -2.06. The average Bonchev–Trinajstić information content (AvgIpc) is 3.37. The monoisotopic (exact) mass is 360 g/mol. The molecule has 0 aliphatic rings. The van der Waals surface area contributed by atoms with Gasteiger partial charge in [0.05, 0.1) is 28.8 Å². The van der Waals surface area contributed by atoms with Gasteiger partial charge in [-0.2, -0.15) is 5.10 Å². The van der Waals surface area contributed by atoms with Crippen LogP contribution in [-0.2, 0) is 11.3 Å². The summed E-state index contributed by atoms with van der Waals surface area (Å²) in [6.07, 6.45) is 3.17. The topological polar surface area (TPSA) is 103 Å². The Labute approximate surface area is 154 Å². The summed E-state index contributed by atoms with van der Waals surface area (Å²) in [5, 5.41) is 15.3. The Bertz CT molecular complexity index is 1110.